The van der Waals surface area contributed by atoms with Crippen LogP contribution in [0.25, 0.3) is 10.9 Å². The Labute approximate surface area is 113 Å². The van der Waals surface area contributed by atoms with Gasteiger partial charge in [-0.15, -0.1) is 0 Å². The van der Waals surface area contributed by atoms with Gasteiger partial charge in [0.2, 0.25) is 5.43 Å². The second-order valence-electron chi connectivity index (χ2n) is 3.59. The molecule has 0 atom stereocenters. The lowest BCUT2D eigenvalue weighted by atomic mass is 10.1. The molecule has 0 amide bonds. The predicted molar refractivity (Wildman–Crippen MR) is 78.8 cm³/mol. The van der Waals surface area contributed by atoms with Crippen molar-refractivity contribution in [3.8, 4) is 0 Å². The van der Waals surface area contributed by atoms with Crippen LogP contribution in [0.5, 0.6) is 0 Å². The summed E-state index contributed by atoms with van der Waals surface area (Å²) in [5, 5.41) is 9.10. The molecular weight excluding hydrogens is 242 g/mol. The fourth-order valence-corrected chi connectivity index (χ4v) is 1.33. The van der Waals surface area contributed by atoms with Crippen LogP contribution in [0.1, 0.15) is 44.5 Å². The number of rotatable bonds is 1. The molecule has 0 aliphatic carbocycles. The maximum atomic E-state index is 11.6. The van der Waals surface area contributed by atoms with Crippen molar-refractivity contribution < 1.29 is 9.90 Å². The number of carbonyl (C=O) groups is 1. The Bertz CT molecular complexity index is 573. The minimum atomic E-state index is -1.21. The third-order valence-electron chi connectivity index (χ3n) is 2.02. The van der Waals surface area contributed by atoms with Gasteiger partial charge in [-0.2, -0.15) is 0 Å². The number of pyridine rings is 1. The van der Waals surface area contributed by atoms with Crippen LogP contribution in [0, 0.1) is 0 Å². The monoisotopic (exact) mass is 263 g/mol. The summed E-state index contributed by atoms with van der Waals surface area (Å²) in [4.78, 5) is 25.0. The molecule has 0 saturated carbocycles. The molecule has 2 rings (SSSR count). The van der Waals surface area contributed by atoms with Crippen molar-refractivity contribution in [1.29, 1.82) is 0 Å². The molecule has 2 N–H and O–H groups in total. The molecule has 0 spiro atoms. The first kappa shape index (κ1) is 16.9. The standard InChI is InChI=1S/C10H7NO3.C3H8.C2H6/c12-9-6-3-1-2-4-8(6)11-5-7(9)10(13)14;1-3-2;1-2/h1-5H,(H,11,12)(H,13,14);3H2,1-2H3;1-2H3. The molecule has 104 valence electrons. The van der Waals surface area contributed by atoms with Gasteiger partial charge < -0.3 is 10.1 Å². The van der Waals surface area contributed by atoms with Gasteiger partial charge in [-0.25, -0.2) is 4.79 Å². The highest BCUT2D eigenvalue weighted by Gasteiger charge is 2.10. The lowest BCUT2D eigenvalue weighted by Gasteiger charge is -1.98. The number of aromatic nitrogens is 1. The van der Waals surface area contributed by atoms with E-state index in [2.05, 4.69) is 18.8 Å². The summed E-state index contributed by atoms with van der Waals surface area (Å²) < 4.78 is 0. The Morgan fingerprint density at radius 1 is 1.21 bits per heavy atom. The second kappa shape index (κ2) is 8.91. The zero-order valence-electron chi connectivity index (χ0n) is 11.9. The lowest BCUT2D eigenvalue weighted by molar-refractivity contribution is 0.0695. The smallest absolute Gasteiger partial charge is 0.341 e. The normalized spacial score (nSPS) is 8.84. The minimum absolute atomic E-state index is 0.233. The van der Waals surface area contributed by atoms with E-state index in [1.54, 1.807) is 24.3 Å². The van der Waals surface area contributed by atoms with Crippen molar-refractivity contribution >= 4 is 16.9 Å². The number of H-pyrrole nitrogens is 1. The van der Waals surface area contributed by atoms with E-state index in [4.69, 9.17) is 5.11 Å². The summed E-state index contributed by atoms with van der Waals surface area (Å²) in [6, 6.07) is 6.80. The van der Waals surface area contributed by atoms with E-state index >= 15 is 0 Å². The molecule has 1 aromatic heterocycles. The van der Waals surface area contributed by atoms with E-state index in [0.717, 1.165) is 0 Å². The average molecular weight is 263 g/mol. The van der Waals surface area contributed by atoms with Gasteiger partial charge in [-0.1, -0.05) is 46.2 Å². The van der Waals surface area contributed by atoms with Gasteiger partial charge in [0, 0.05) is 17.1 Å². The third kappa shape index (κ3) is 4.58. The van der Waals surface area contributed by atoms with Crippen LogP contribution in [-0.2, 0) is 0 Å². The first-order chi connectivity index (χ1) is 9.11. The molecular formula is C15H21NO3. The number of hydrogen-bond acceptors (Lipinski definition) is 2. The van der Waals surface area contributed by atoms with Crippen LogP contribution in [-0.4, -0.2) is 16.1 Å². The molecule has 1 heterocycles. The Morgan fingerprint density at radius 3 is 2.26 bits per heavy atom. The zero-order chi connectivity index (χ0) is 14.8. The molecule has 0 unspecified atom stereocenters. The summed E-state index contributed by atoms with van der Waals surface area (Å²) in [7, 11) is 0. The quantitative estimate of drug-likeness (QED) is 0.824. The first-order valence-corrected chi connectivity index (χ1v) is 6.45. The van der Waals surface area contributed by atoms with Gasteiger partial charge in [-0.3, -0.25) is 4.79 Å². The number of hydrogen-bond donors (Lipinski definition) is 2. The predicted octanol–water partition coefficient (Wildman–Crippen LogP) is 3.67. The summed E-state index contributed by atoms with van der Waals surface area (Å²) in [6.07, 6.45) is 2.47. The van der Waals surface area contributed by atoms with Crippen LogP contribution in [0.15, 0.2) is 35.3 Å². The van der Waals surface area contributed by atoms with E-state index < -0.39 is 11.4 Å². The van der Waals surface area contributed by atoms with Gasteiger partial charge in [0.25, 0.3) is 0 Å². The number of nitrogens with one attached hydrogen (secondary N) is 1. The van der Waals surface area contributed by atoms with Crippen LogP contribution < -0.4 is 5.43 Å². The topological polar surface area (TPSA) is 70.2 Å². The van der Waals surface area contributed by atoms with E-state index in [1.165, 1.54) is 12.6 Å². The molecule has 2 aromatic rings. The van der Waals surface area contributed by atoms with Crippen molar-refractivity contribution in [3.63, 3.8) is 0 Å². The molecule has 0 aliphatic heterocycles. The van der Waals surface area contributed by atoms with Crippen molar-refractivity contribution in [2.75, 3.05) is 0 Å². The highest BCUT2D eigenvalue weighted by molar-refractivity contribution is 5.92. The maximum Gasteiger partial charge on any atom is 0.341 e. The highest BCUT2D eigenvalue weighted by atomic mass is 16.4. The maximum absolute atomic E-state index is 11.6. The van der Waals surface area contributed by atoms with Gasteiger partial charge in [0.15, 0.2) is 0 Å². The highest BCUT2D eigenvalue weighted by Crippen LogP contribution is 2.06. The Hall–Kier alpha value is -2.10. The zero-order valence-corrected chi connectivity index (χ0v) is 11.9. The second-order valence-corrected chi connectivity index (χ2v) is 3.59. The third-order valence-corrected chi connectivity index (χ3v) is 2.02. The summed E-state index contributed by atoms with van der Waals surface area (Å²) in [5.41, 5.74) is -0.0435. The number of carboxylic acid groups (broad SMARTS) is 1. The summed E-state index contributed by atoms with van der Waals surface area (Å²) >= 11 is 0. The number of aromatic carboxylic acids is 1. The summed E-state index contributed by atoms with van der Waals surface area (Å²) in [6.45, 7) is 8.25. The van der Waals surface area contributed by atoms with Crippen molar-refractivity contribution in [2.45, 2.75) is 34.1 Å². The number of aromatic amines is 1. The number of para-hydroxylation sites is 1. The first-order valence-electron chi connectivity index (χ1n) is 6.45. The molecule has 4 nitrogen and oxygen atoms in total. The number of fused-ring (bicyclic) bond motifs is 1. The van der Waals surface area contributed by atoms with Gasteiger partial charge in [-0.05, 0) is 12.1 Å². The van der Waals surface area contributed by atoms with Crippen LogP contribution >= 0.6 is 0 Å². The molecule has 0 bridgehead atoms. The lowest BCUT2D eigenvalue weighted by Crippen LogP contribution is -2.14. The van der Waals surface area contributed by atoms with Crippen molar-refractivity contribution in [2.24, 2.45) is 0 Å². The van der Waals surface area contributed by atoms with Crippen molar-refractivity contribution in [1.82, 2.24) is 4.98 Å². The van der Waals surface area contributed by atoms with Crippen molar-refractivity contribution in [3.05, 3.63) is 46.2 Å². The summed E-state index contributed by atoms with van der Waals surface area (Å²) in [5.74, 6) is -1.21. The van der Waals surface area contributed by atoms with E-state index in [-0.39, 0.29) is 5.56 Å². The number of benzene rings is 1. The molecule has 0 aliphatic rings. The molecule has 4 heteroatoms. The molecule has 0 radical (unpaired) electrons. The number of carboxylic acids is 1. The minimum Gasteiger partial charge on any atom is -0.477 e. The molecule has 1 aromatic carbocycles. The van der Waals surface area contributed by atoms with E-state index in [9.17, 15) is 9.59 Å². The van der Waals surface area contributed by atoms with Crippen LogP contribution in [0.4, 0.5) is 0 Å². The molecule has 0 saturated heterocycles. The van der Waals surface area contributed by atoms with Gasteiger partial charge in [0.05, 0.1) is 0 Å². The van der Waals surface area contributed by atoms with E-state index in [0.29, 0.717) is 10.9 Å². The van der Waals surface area contributed by atoms with E-state index in [1.807, 2.05) is 13.8 Å². The fourth-order valence-electron chi connectivity index (χ4n) is 1.33. The molecule has 0 fully saturated rings. The van der Waals surface area contributed by atoms with Gasteiger partial charge in [0.1, 0.15) is 5.56 Å². The molecule has 19 heavy (non-hydrogen) atoms. The fraction of sp³-hybridized carbons (Fsp3) is 0.333. The Kier molecular flexibility index (Phi) is 7.93. The van der Waals surface area contributed by atoms with Crippen LogP contribution in [0.2, 0.25) is 0 Å². The Morgan fingerprint density at radius 2 is 1.74 bits per heavy atom. The largest absolute Gasteiger partial charge is 0.477 e. The Balaban J connectivity index is 0.000000573. The van der Waals surface area contributed by atoms with Gasteiger partial charge >= 0.3 is 5.97 Å². The van der Waals surface area contributed by atoms with Crippen LogP contribution in [0.3, 0.4) is 0 Å². The average Bonchev–Trinajstić information content (AvgIpc) is 2.42. The SMILES string of the molecule is CC.CCC.O=C(O)c1c[nH]c2ccccc2c1=O.